The molecule has 0 spiro atoms. The minimum atomic E-state index is -1.14. The molecule has 0 aliphatic rings. The second kappa shape index (κ2) is 6.01. The van der Waals surface area contributed by atoms with Crippen LogP contribution in [0.15, 0.2) is 35.7 Å². The highest BCUT2D eigenvalue weighted by molar-refractivity contribution is 7.12. The molecule has 21 heavy (non-hydrogen) atoms. The van der Waals surface area contributed by atoms with Gasteiger partial charge in [0, 0.05) is 17.8 Å². The lowest BCUT2D eigenvalue weighted by Gasteiger charge is -2.07. The summed E-state index contributed by atoms with van der Waals surface area (Å²) in [6.45, 7) is 0. The molecule has 9 heteroatoms. The number of aromatic carboxylic acids is 1. The number of hydrogen-bond acceptors (Lipinski definition) is 5. The molecule has 3 N–H and O–H groups in total. The molecule has 1 heterocycles. The van der Waals surface area contributed by atoms with Crippen LogP contribution in [-0.2, 0) is 0 Å². The average Bonchev–Trinajstić information content (AvgIpc) is 2.87. The molecule has 0 aliphatic carbocycles. The number of carboxylic acid groups (broad SMARTS) is 1. The predicted octanol–water partition coefficient (Wildman–Crippen LogP) is 3.00. The van der Waals surface area contributed by atoms with E-state index in [0.29, 0.717) is 0 Å². The van der Waals surface area contributed by atoms with Crippen molar-refractivity contribution < 1.29 is 19.6 Å². The van der Waals surface area contributed by atoms with Crippen molar-refractivity contribution in [1.29, 1.82) is 0 Å². The Morgan fingerprint density at radius 3 is 2.67 bits per heavy atom. The van der Waals surface area contributed by atoms with Crippen molar-refractivity contribution in [2.75, 3.05) is 10.6 Å². The summed E-state index contributed by atoms with van der Waals surface area (Å²) in [5.41, 5.74) is 0.235. The van der Waals surface area contributed by atoms with E-state index < -0.39 is 16.9 Å². The van der Waals surface area contributed by atoms with Gasteiger partial charge in [-0.1, -0.05) is 6.07 Å². The van der Waals surface area contributed by atoms with E-state index in [1.54, 1.807) is 0 Å². The molecule has 2 aromatic rings. The van der Waals surface area contributed by atoms with Crippen LogP contribution in [0.25, 0.3) is 0 Å². The van der Waals surface area contributed by atoms with Gasteiger partial charge < -0.3 is 15.7 Å². The smallest absolute Gasteiger partial charge is 0.348 e. The maximum absolute atomic E-state index is 11.8. The van der Waals surface area contributed by atoms with Gasteiger partial charge in [0.2, 0.25) is 0 Å². The Morgan fingerprint density at radius 1 is 1.24 bits per heavy atom. The number of benzene rings is 1. The van der Waals surface area contributed by atoms with Gasteiger partial charge in [-0.15, -0.1) is 11.3 Å². The first kappa shape index (κ1) is 14.5. The molecule has 2 rings (SSSR count). The van der Waals surface area contributed by atoms with Crippen LogP contribution in [0.5, 0.6) is 0 Å². The van der Waals surface area contributed by atoms with Gasteiger partial charge in [0.25, 0.3) is 5.69 Å². The minimum absolute atomic E-state index is 0.00388. The number of anilines is 2. The Hall–Kier alpha value is -2.94. The van der Waals surface area contributed by atoms with Crippen molar-refractivity contribution in [3.05, 3.63) is 50.7 Å². The van der Waals surface area contributed by atoms with E-state index in [-0.39, 0.29) is 21.9 Å². The molecule has 1 aromatic carbocycles. The van der Waals surface area contributed by atoms with E-state index in [1.165, 1.54) is 35.7 Å². The van der Waals surface area contributed by atoms with Crippen LogP contribution >= 0.6 is 11.3 Å². The zero-order chi connectivity index (χ0) is 15.4. The Bertz CT molecular complexity index is 712. The van der Waals surface area contributed by atoms with Crippen LogP contribution in [0.3, 0.4) is 0 Å². The summed E-state index contributed by atoms with van der Waals surface area (Å²) in [6.07, 6.45) is 0. The van der Waals surface area contributed by atoms with Gasteiger partial charge in [0.15, 0.2) is 0 Å². The molecule has 0 saturated heterocycles. The van der Waals surface area contributed by atoms with E-state index in [4.69, 9.17) is 5.11 Å². The third-order valence-electron chi connectivity index (χ3n) is 2.42. The first-order chi connectivity index (χ1) is 9.97. The zero-order valence-electron chi connectivity index (χ0n) is 10.4. The van der Waals surface area contributed by atoms with Crippen molar-refractivity contribution in [3.63, 3.8) is 0 Å². The van der Waals surface area contributed by atoms with Gasteiger partial charge in [-0.3, -0.25) is 10.1 Å². The summed E-state index contributed by atoms with van der Waals surface area (Å²) >= 11 is 0.981. The fraction of sp³-hybridized carbons (Fsp3) is 0. The van der Waals surface area contributed by atoms with Gasteiger partial charge in [0.05, 0.1) is 10.6 Å². The Balaban J connectivity index is 2.08. The molecule has 0 aliphatic heterocycles. The predicted molar refractivity (Wildman–Crippen MR) is 77.0 cm³/mol. The summed E-state index contributed by atoms with van der Waals surface area (Å²) < 4.78 is 0. The van der Waals surface area contributed by atoms with Crippen molar-refractivity contribution in [3.8, 4) is 0 Å². The number of carbonyl (C=O) groups is 2. The molecule has 0 bridgehead atoms. The van der Waals surface area contributed by atoms with Gasteiger partial charge in [0.1, 0.15) is 4.88 Å². The average molecular weight is 307 g/mol. The van der Waals surface area contributed by atoms with Crippen molar-refractivity contribution in [2.24, 2.45) is 0 Å². The third kappa shape index (κ3) is 3.54. The topological polar surface area (TPSA) is 122 Å². The number of carbonyl (C=O) groups excluding carboxylic acids is 1. The van der Waals surface area contributed by atoms with Crippen molar-refractivity contribution in [1.82, 2.24) is 0 Å². The maximum Gasteiger partial charge on any atom is 0.348 e. The van der Waals surface area contributed by atoms with Crippen LogP contribution in [0, 0.1) is 10.1 Å². The molecule has 1 aromatic heterocycles. The first-order valence-electron chi connectivity index (χ1n) is 5.60. The molecule has 0 unspecified atom stereocenters. The summed E-state index contributed by atoms with van der Waals surface area (Å²) in [4.78, 5) is 32.7. The molecule has 2 amide bonds. The second-order valence-corrected chi connectivity index (χ2v) is 4.77. The highest BCUT2D eigenvalue weighted by atomic mass is 32.1. The van der Waals surface area contributed by atoms with Gasteiger partial charge >= 0.3 is 12.0 Å². The Labute approximate surface area is 122 Å². The number of nitro groups is 1. The van der Waals surface area contributed by atoms with Gasteiger partial charge in [-0.25, -0.2) is 9.59 Å². The summed E-state index contributed by atoms with van der Waals surface area (Å²) in [6, 6.07) is 6.19. The number of carboxylic acids is 1. The van der Waals surface area contributed by atoms with Crippen molar-refractivity contribution >= 4 is 40.4 Å². The monoisotopic (exact) mass is 307 g/mol. The normalized spacial score (nSPS) is 9.90. The lowest BCUT2D eigenvalue weighted by molar-refractivity contribution is -0.384. The van der Waals surface area contributed by atoms with E-state index in [9.17, 15) is 19.7 Å². The van der Waals surface area contributed by atoms with Crippen LogP contribution in [0.4, 0.5) is 21.9 Å². The van der Waals surface area contributed by atoms with E-state index in [0.717, 1.165) is 11.3 Å². The number of thiophene rings is 1. The summed E-state index contributed by atoms with van der Waals surface area (Å²) in [7, 11) is 0. The van der Waals surface area contributed by atoms with E-state index in [2.05, 4.69) is 10.6 Å². The standard InChI is InChI=1S/C12H9N3O5S/c16-11(17)10-9(4-5-21-10)14-12(18)13-7-2-1-3-8(6-7)15(19)20/h1-6H,(H,16,17)(H2,13,14,18). The number of non-ortho nitro benzene ring substituents is 1. The lowest BCUT2D eigenvalue weighted by Crippen LogP contribution is -2.20. The van der Waals surface area contributed by atoms with E-state index in [1.807, 2.05) is 0 Å². The largest absolute Gasteiger partial charge is 0.477 e. The van der Waals surface area contributed by atoms with Gasteiger partial charge in [-0.05, 0) is 17.5 Å². The Kier molecular flexibility index (Phi) is 4.14. The number of nitrogens with one attached hydrogen (secondary N) is 2. The zero-order valence-corrected chi connectivity index (χ0v) is 11.2. The molecule has 0 saturated carbocycles. The SMILES string of the molecule is O=C(Nc1cccc([N+](=O)[O-])c1)Nc1ccsc1C(=O)O. The Morgan fingerprint density at radius 2 is 2.00 bits per heavy atom. The minimum Gasteiger partial charge on any atom is -0.477 e. The molecular formula is C12H9N3O5S. The van der Waals surface area contributed by atoms with Crippen LogP contribution < -0.4 is 10.6 Å². The molecule has 8 nitrogen and oxygen atoms in total. The van der Waals surface area contributed by atoms with Crippen molar-refractivity contribution in [2.45, 2.75) is 0 Å². The van der Waals surface area contributed by atoms with Crippen LogP contribution in [0.2, 0.25) is 0 Å². The fourth-order valence-corrected chi connectivity index (χ4v) is 2.24. The summed E-state index contributed by atoms with van der Waals surface area (Å²) in [5, 5.41) is 25.9. The number of amides is 2. The van der Waals surface area contributed by atoms with Crippen LogP contribution in [-0.4, -0.2) is 22.0 Å². The number of urea groups is 1. The number of nitrogens with zero attached hydrogens (tertiary/aromatic N) is 1. The van der Waals surface area contributed by atoms with E-state index >= 15 is 0 Å². The van der Waals surface area contributed by atoms with Gasteiger partial charge in [-0.2, -0.15) is 0 Å². The number of hydrogen-bond donors (Lipinski definition) is 3. The molecule has 0 atom stereocenters. The summed E-state index contributed by atoms with van der Waals surface area (Å²) in [5.74, 6) is -1.14. The molecular weight excluding hydrogens is 298 g/mol. The molecule has 0 fully saturated rings. The quantitative estimate of drug-likeness (QED) is 0.592. The van der Waals surface area contributed by atoms with Crippen LogP contribution in [0.1, 0.15) is 9.67 Å². The molecule has 108 valence electrons. The number of rotatable bonds is 4. The maximum atomic E-state index is 11.8. The lowest BCUT2D eigenvalue weighted by atomic mass is 10.3. The molecule has 0 radical (unpaired) electrons. The fourth-order valence-electron chi connectivity index (χ4n) is 1.56. The third-order valence-corrected chi connectivity index (χ3v) is 3.32. The first-order valence-corrected chi connectivity index (χ1v) is 6.48. The highest BCUT2D eigenvalue weighted by Crippen LogP contribution is 2.23. The number of nitro benzene ring substituents is 1. The highest BCUT2D eigenvalue weighted by Gasteiger charge is 2.14. The second-order valence-electron chi connectivity index (χ2n) is 3.86.